The topological polar surface area (TPSA) is 96.5 Å². The molecule has 4 heterocycles. The van der Waals surface area contributed by atoms with E-state index in [4.69, 9.17) is 4.74 Å². The summed E-state index contributed by atoms with van der Waals surface area (Å²) in [5, 5.41) is 11.4. The summed E-state index contributed by atoms with van der Waals surface area (Å²) in [6.07, 6.45) is 4.01. The first kappa shape index (κ1) is 21.4. The Morgan fingerprint density at radius 1 is 1.06 bits per heavy atom. The highest BCUT2D eigenvalue weighted by molar-refractivity contribution is 6.00. The van der Waals surface area contributed by atoms with Gasteiger partial charge in [0.25, 0.3) is 11.6 Å². The van der Waals surface area contributed by atoms with Gasteiger partial charge in [0.15, 0.2) is 0 Å². The number of ether oxygens (including phenoxy) is 1. The Kier molecular flexibility index (Phi) is 5.93. The molecular weight excluding hydrogens is 424 g/mol. The van der Waals surface area contributed by atoms with Gasteiger partial charge in [0.05, 0.1) is 35.1 Å². The molecule has 0 spiro atoms. The molecule has 33 heavy (non-hydrogen) atoms. The molecule has 0 bridgehead atoms. The summed E-state index contributed by atoms with van der Waals surface area (Å²) in [5.41, 5.74) is 2.97. The Bertz CT molecular complexity index is 1130. The monoisotopic (exact) mass is 450 g/mol. The number of fused-ring (bicyclic) bond motifs is 1. The first-order chi connectivity index (χ1) is 16.1. The highest BCUT2D eigenvalue weighted by Gasteiger charge is 2.28. The van der Waals surface area contributed by atoms with Crippen molar-refractivity contribution in [2.75, 3.05) is 57.4 Å². The van der Waals surface area contributed by atoms with Crippen LogP contribution in [0.5, 0.6) is 0 Å². The van der Waals surface area contributed by atoms with E-state index in [9.17, 15) is 14.9 Å². The second kappa shape index (κ2) is 9.16. The maximum absolute atomic E-state index is 13.4. The molecule has 0 saturated carbocycles. The molecule has 0 unspecified atom stereocenters. The van der Waals surface area contributed by atoms with Gasteiger partial charge in [0, 0.05) is 70.3 Å². The van der Waals surface area contributed by atoms with Gasteiger partial charge in [-0.05, 0) is 18.2 Å². The summed E-state index contributed by atoms with van der Waals surface area (Å²) in [6.45, 7) is 5.77. The van der Waals surface area contributed by atoms with E-state index in [2.05, 4.69) is 14.8 Å². The molecule has 0 aliphatic carbocycles. The van der Waals surface area contributed by atoms with Crippen molar-refractivity contribution in [1.29, 1.82) is 0 Å². The zero-order valence-electron chi connectivity index (χ0n) is 18.3. The highest BCUT2D eigenvalue weighted by Crippen LogP contribution is 2.28. The maximum atomic E-state index is 13.4. The quantitative estimate of drug-likeness (QED) is 0.433. The number of rotatable bonds is 5. The molecule has 0 atom stereocenters. The molecule has 2 aromatic heterocycles. The number of non-ortho nitro benzene ring substituents is 1. The molecule has 0 radical (unpaired) electrons. The van der Waals surface area contributed by atoms with Crippen LogP contribution in [-0.2, 0) is 11.3 Å². The molecule has 172 valence electrons. The van der Waals surface area contributed by atoms with Crippen molar-refractivity contribution >= 4 is 22.9 Å². The highest BCUT2D eigenvalue weighted by atomic mass is 16.6. The summed E-state index contributed by atoms with van der Waals surface area (Å²) in [4.78, 5) is 35.1. The molecule has 1 aromatic carbocycles. The molecule has 2 aliphatic rings. The maximum Gasteiger partial charge on any atom is 0.270 e. The van der Waals surface area contributed by atoms with Gasteiger partial charge in [-0.3, -0.25) is 19.8 Å². The van der Waals surface area contributed by atoms with Crippen molar-refractivity contribution in [2.45, 2.75) is 6.54 Å². The number of carbonyl (C=O) groups excluding carboxylic acids is 1. The minimum absolute atomic E-state index is 0.0687. The van der Waals surface area contributed by atoms with E-state index < -0.39 is 4.92 Å². The zero-order chi connectivity index (χ0) is 22.8. The lowest BCUT2D eigenvalue weighted by molar-refractivity contribution is -0.384. The number of pyridine rings is 1. The van der Waals surface area contributed by atoms with Gasteiger partial charge in [-0.1, -0.05) is 6.07 Å². The molecule has 1 amide bonds. The first-order valence-electron chi connectivity index (χ1n) is 11.1. The molecule has 2 saturated heterocycles. The van der Waals surface area contributed by atoms with Crippen LogP contribution in [0, 0.1) is 10.1 Å². The number of aromatic nitrogens is 2. The number of nitro benzene ring substituents is 1. The molecule has 10 heteroatoms. The number of piperazine rings is 1. The normalized spacial score (nSPS) is 17.5. The Hall–Kier alpha value is -3.50. The molecular formula is C23H26N6O4. The third-order valence-corrected chi connectivity index (χ3v) is 6.23. The van der Waals surface area contributed by atoms with Crippen molar-refractivity contribution in [3.05, 3.63) is 70.2 Å². The van der Waals surface area contributed by atoms with E-state index >= 15 is 0 Å². The number of carbonyl (C=O) groups is 1. The molecule has 5 rings (SSSR count). The van der Waals surface area contributed by atoms with Crippen LogP contribution in [0.1, 0.15) is 16.1 Å². The predicted molar refractivity (Wildman–Crippen MR) is 123 cm³/mol. The van der Waals surface area contributed by atoms with E-state index in [1.54, 1.807) is 11.0 Å². The van der Waals surface area contributed by atoms with Crippen molar-refractivity contribution in [1.82, 2.24) is 19.2 Å². The van der Waals surface area contributed by atoms with Gasteiger partial charge in [0.2, 0.25) is 0 Å². The zero-order valence-corrected chi connectivity index (χ0v) is 18.3. The van der Waals surface area contributed by atoms with Gasteiger partial charge in [-0.2, -0.15) is 0 Å². The van der Waals surface area contributed by atoms with Gasteiger partial charge in [-0.25, -0.2) is 4.98 Å². The van der Waals surface area contributed by atoms with Gasteiger partial charge >= 0.3 is 0 Å². The number of nitrogens with zero attached hydrogens (tertiary/aromatic N) is 6. The number of morpholine rings is 1. The van der Waals surface area contributed by atoms with Crippen LogP contribution in [-0.4, -0.2) is 82.5 Å². The number of hydrogen-bond acceptors (Lipinski definition) is 7. The van der Waals surface area contributed by atoms with E-state index in [1.165, 1.54) is 12.1 Å². The van der Waals surface area contributed by atoms with E-state index in [0.717, 1.165) is 36.7 Å². The average molecular weight is 450 g/mol. The number of nitro groups is 1. The van der Waals surface area contributed by atoms with Crippen LogP contribution in [0.15, 0.2) is 48.8 Å². The summed E-state index contributed by atoms with van der Waals surface area (Å²) in [7, 11) is 0. The summed E-state index contributed by atoms with van der Waals surface area (Å²) in [6, 6.07) is 10.5. The van der Waals surface area contributed by atoms with Gasteiger partial charge in [-0.15, -0.1) is 0 Å². The number of amides is 1. The predicted octanol–water partition coefficient (Wildman–Crippen LogP) is 2.04. The Morgan fingerprint density at radius 2 is 1.85 bits per heavy atom. The van der Waals surface area contributed by atoms with Crippen molar-refractivity contribution in [3.8, 4) is 0 Å². The van der Waals surface area contributed by atoms with Crippen LogP contribution in [0.3, 0.4) is 0 Å². The minimum atomic E-state index is -0.452. The minimum Gasteiger partial charge on any atom is -0.378 e. The Labute approximate surface area is 191 Å². The number of hydrogen-bond donors (Lipinski definition) is 0. The van der Waals surface area contributed by atoms with Crippen molar-refractivity contribution in [2.24, 2.45) is 0 Å². The lowest BCUT2D eigenvalue weighted by Crippen LogP contribution is -2.48. The largest absolute Gasteiger partial charge is 0.378 e. The van der Waals surface area contributed by atoms with Crippen molar-refractivity contribution < 1.29 is 14.5 Å². The summed E-state index contributed by atoms with van der Waals surface area (Å²) < 4.78 is 7.43. The lowest BCUT2D eigenvalue weighted by Gasteiger charge is -2.36. The van der Waals surface area contributed by atoms with E-state index in [1.807, 2.05) is 35.0 Å². The molecule has 0 N–H and O–H groups in total. The van der Waals surface area contributed by atoms with Crippen LogP contribution in [0.4, 0.5) is 11.4 Å². The lowest BCUT2D eigenvalue weighted by atomic mass is 10.1. The van der Waals surface area contributed by atoms with Crippen LogP contribution >= 0.6 is 0 Å². The Morgan fingerprint density at radius 3 is 2.58 bits per heavy atom. The summed E-state index contributed by atoms with van der Waals surface area (Å²) >= 11 is 0. The smallest absolute Gasteiger partial charge is 0.270 e. The molecule has 2 aliphatic heterocycles. The van der Waals surface area contributed by atoms with Crippen LogP contribution in [0.2, 0.25) is 0 Å². The Balaban J connectivity index is 1.28. The molecule has 10 nitrogen and oxygen atoms in total. The fraction of sp³-hybridized carbons (Fsp3) is 0.391. The second-order valence-electron chi connectivity index (χ2n) is 8.32. The third-order valence-electron chi connectivity index (χ3n) is 6.23. The second-order valence-corrected chi connectivity index (χ2v) is 8.32. The molecule has 2 fully saturated rings. The van der Waals surface area contributed by atoms with E-state index in [0.29, 0.717) is 45.0 Å². The van der Waals surface area contributed by atoms with Crippen LogP contribution in [0.25, 0.3) is 5.65 Å². The van der Waals surface area contributed by atoms with Gasteiger partial charge in [0.1, 0.15) is 5.65 Å². The van der Waals surface area contributed by atoms with Crippen molar-refractivity contribution in [3.63, 3.8) is 0 Å². The first-order valence-corrected chi connectivity index (χ1v) is 11.1. The fourth-order valence-corrected chi connectivity index (χ4v) is 4.46. The fourth-order valence-electron chi connectivity index (χ4n) is 4.46. The van der Waals surface area contributed by atoms with E-state index in [-0.39, 0.29) is 11.6 Å². The number of benzene rings is 1. The number of imidazole rings is 1. The SMILES string of the molecule is O=C(c1cc([N+](=O)[O-])ccc1N1CCOCC1)N1CCN(Cc2cn3ccccc3n2)CC1. The van der Waals surface area contributed by atoms with Crippen LogP contribution < -0.4 is 4.90 Å². The van der Waals surface area contributed by atoms with Gasteiger partial charge < -0.3 is 18.9 Å². The average Bonchev–Trinajstić information content (AvgIpc) is 3.26. The molecule has 3 aromatic rings. The summed E-state index contributed by atoms with van der Waals surface area (Å²) in [5.74, 6) is -0.160. The number of anilines is 1. The third kappa shape index (κ3) is 4.53. The standard InChI is InChI=1S/C23H26N6O4/c30-23(20-15-19(29(31)32)4-5-21(20)26-11-13-33-14-12-26)27-9-7-25(8-10-27)16-18-17-28-6-2-1-3-22(28)24-18/h1-6,15,17H,7-14,16H2.